The van der Waals surface area contributed by atoms with Gasteiger partial charge in [-0.3, -0.25) is 4.98 Å². The smallest absolute Gasteiger partial charge is 0.235 e. The minimum absolute atomic E-state index is 0.488. The fourth-order valence-electron chi connectivity index (χ4n) is 1.81. The van der Waals surface area contributed by atoms with Crippen LogP contribution in [0, 0.1) is 0 Å². The highest BCUT2D eigenvalue weighted by atomic mass is 32.1. The topological polar surface area (TPSA) is 68.0 Å². The van der Waals surface area contributed by atoms with Crippen LogP contribution in [0.5, 0.6) is 0 Å². The summed E-state index contributed by atoms with van der Waals surface area (Å²) in [7, 11) is 0. The zero-order valence-electron chi connectivity index (χ0n) is 11.4. The molecule has 3 rings (SSSR count). The zero-order valence-corrected chi connectivity index (χ0v) is 12.3. The summed E-state index contributed by atoms with van der Waals surface area (Å²) in [4.78, 5) is 4.92. The second kappa shape index (κ2) is 5.64. The Balaban J connectivity index is 1.87. The lowest BCUT2D eigenvalue weighted by molar-refractivity contribution is 0.531. The standard InChI is InChI=1S/C13H16N6S/c1-3-9(2)15-8-11-18-19-12(16-17-13(19)20-11)10-5-4-6-14-7-10/h4-7,9,15H,3,8H2,1-2H3. The van der Waals surface area contributed by atoms with Crippen molar-refractivity contribution in [3.63, 3.8) is 0 Å². The molecule has 0 aliphatic carbocycles. The average molecular weight is 288 g/mol. The molecule has 3 heterocycles. The molecule has 0 radical (unpaired) electrons. The fourth-order valence-corrected chi connectivity index (χ4v) is 2.59. The molecular weight excluding hydrogens is 272 g/mol. The summed E-state index contributed by atoms with van der Waals surface area (Å²) in [6, 6.07) is 4.33. The maximum atomic E-state index is 4.58. The van der Waals surface area contributed by atoms with E-state index >= 15 is 0 Å². The van der Waals surface area contributed by atoms with E-state index < -0.39 is 0 Å². The maximum absolute atomic E-state index is 4.58. The number of hydrogen-bond acceptors (Lipinski definition) is 6. The molecule has 6 nitrogen and oxygen atoms in total. The third-order valence-corrected chi connectivity index (χ3v) is 4.07. The minimum Gasteiger partial charge on any atom is -0.308 e. The Hall–Kier alpha value is -1.86. The van der Waals surface area contributed by atoms with Gasteiger partial charge in [0.1, 0.15) is 5.01 Å². The molecule has 0 saturated carbocycles. The number of nitrogens with one attached hydrogen (secondary N) is 1. The predicted octanol–water partition coefficient (Wildman–Crippen LogP) is 2.14. The highest BCUT2D eigenvalue weighted by Gasteiger charge is 2.13. The fraction of sp³-hybridized carbons (Fsp3) is 0.385. The molecule has 104 valence electrons. The van der Waals surface area contributed by atoms with Crippen molar-refractivity contribution in [2.24, 2.45) is 0 Å². The number of rotatable bonds is 5. The number of pyridine rings is 1. The second-order valence-corrected chi connectivity index (χ2v) is 5.69. The summed E-state index contributed by atoms with van der Waals surface area (Å²) >= 11 is 1.56. The van der Waals surface area contributed by atoms with E-state index in [4.69, 9.17) is 0 Å². The van der Waals surface area contributed by atoms with Crippen LogP contribution in [0.15, 0.2) is 24.5 Å². The molecule has 7 heteroatoms. The van der Waals surface area contributed by atoms with Gasteiger partial charge < -0.3 is 5.32 Å². The summed E-state index contributed by atoms with van der Waals surface area (Å²) in [5, 5.41) is 17.4. The molecule has 3 aromatic heterocycles. The van der Waals surface area contributed by atoms with E-state index in [0.717, 1.165) is 34.3 Å². The van der Waals surface area contributed by atoms with Gasteiger partial charge >= 0.3 is 0 Å². The van der Waals surface area contributed by atoms with E-state index in [1.807, 2.05) is 12.1 Å². The molecule has 3 aromatic rings. The Bertz CT molecular complexity index is 689. The predicted molar refractivity (Wildman–Crippen MR) is 78.5 cm³/mol. The Kier molecular flexibility index (Phi) is 3.70. The lowest BCUT2D eigenvalue weighted by Crippen LogP contribution is -2.24. The van der Waals surface area contributed by atoms with E-state index in [2.05, 4.69) is 39.4 Å². The van der Waals surface area contributed by atoms with Crippen molar-refractivity contribution >= 4 is 16.3 Å². The first-order valence-electron chi connectivity index (χ1n) is 6.63. The van der Waals surface area contributed by atoms with E-state index in [0.29, 0.717) is 6.04 Å². The molecule has 0 aromatic carbocycles. The molecule has 1 N–H and O–H groups in total. The zero-order chi connectivity index (χ0) is 13.9. The monoisotopic (exact) mass is 288 g/mol. The van der Waals surface area contributed by atoms with E-state index in [-0.39, 0.29) is 0 Å². The molecule has 0 fully saturated rings. The normalized spacial score (nSPS) is 12.9. The van der Waals surface area contributed by atoms with E-state index in [9.17, 15) is 0 Å². The van der Waals surface area contributed by atoms with Crippen molar-refractivity contribution in [2.75, 3.05) is 0 Å². The maximum Gasteiger partial charge on any atom is 0.235 e. The summed E-state index contributed by atoms with van der Waals surface area (Å²) in [5.41, 5.74) is 0.923. The largest absolute Gasteiger partial charge is 0.308 e. The summed E-state index contributed by atoms with van der Waals surface area (Å²) in [5.74, 6) is 0.735. The average Bonchev–Trinajstić information content (AvgIpc) is 3.05. The summed E-state index contributed by atoms with van der Waals surface area (Å²) in [6.45, 7) is 5.09. The van der Waals surface area contributed by atoms with Gasteiger partial charge in [0.05, 0.1) is 0 Å². The minimum atomic E-state index is 0.488. The molecule has 0 saturated heterocycles. The van der Waals surface area contributed by atoms with Crippen LogP contribution in [0.4, 0.5) is 0 Å². The van der Waals surface area contributed by atoms with E-state index in [1.54, 1.807) is 28.2 Å². The molecule has 0 amide bonds. The van der Waals surface area contributed by atoms with Gasteiger partial charge in [-0.15, -0.1) is 10.2 Å². The Morgan fingerprint density at radius 1 is 1.40 bits per heavy atom. The van der Waals surface area contributed by atoms with Crippen LogP contribution >= 0.6 is 11.3 Å². The Labute approximate surface area is 120 Å². The highest BCUT2D eigenvalue weighted by Crippen LogP contribution is 2.20. The van der Waals surface area contributed by atoms with Crippen molar-refractivity contribution < 1.29 is 0 Å². The van der Waals surface area contributed by atoms with Crippen LogP contribution in [0.3, 0.4) is 0 Å². The lowest BCUT2D eigenvalue weighted by atomic mass is 10.3. The number of aromatic nitrogens is 5. The third kappa shape index (κ3) is 2.54. The number of nitrogens with zero attached hydrogens (tertiary/aromatic N) is 5. The number of hydrogen-bond donors (Lipinski definition) is 1. The van der Waals surface area contributed by atoms with Crippen molar-refractivity contribution in [1.82, 2.24) is 30.1 Å². The van der Waals surface area contributed by atoms with Gasteiger partial charge in [-0.1, -0.05) is 18.3 Å². The molecule has 20 heavy (non-hydrogen) atoms. The molecule has 1 atom stereocenters. The molecule has 1 unspecified atom stereocenters. The van der Waals surface area contributed by atoms with Crippen LogP contribution in [0.1, 0.15) is 25.3 Å². The first kappa shape index (κ1) is 13.1. The van der Waals surface area contributed by atoms with Gasteiger partial charge in [-0.25, -0.2) is 0 Å². The Morgan fingerprint density at radius 3 is 3.05 bits per heavy atom. The van der Waals surface area contributed by atoms with Crippen molar-refractivity contribution in [2.45, 2.75) is 32.9 Å². The quantitative estimate of drug-likeness (QED) is 0.779. The second-order valence-electron chi connectivity index (χ2n) is 4.65. The van der Waals surface area contributed by atoms with Gasteiger partial charge in [-0.2, -0.15) is 9.61 Å². The number of fused-ring (bicyclic) bond motifs is 1. The van der Waals surface area contributed by atoms with Gasteiger partial charge in [0.15, 0.2) is 5.82 Å². The van der Waals surface area contributed by atoms with Crippen LogP contribution in [0.2, 0.25) is 0 Å². The van der Waals surface area contributed by atoms with Crippen molar-refractivity contribution in [3.8, 4) is 11.4 Å². The molecule has 0 bridgehead atoms. The molecule has 0 aliphatic heterocycles. The molecular formula is C13H16N6S. The van der Waals surface area contributed by atoms with Gasteiger partial charge in [0, 0.05) is 30.5 Å². The van der Waals surface area contributed by atoms with Gasteiger partial charge in [0.2, 0.25) is 4.96 Å². The summed E-state index contributed by atoms with van der Waals surface area (Å²) < 4.78 is 1.79. The van der Waals surface area contributed by atoms with Crippen molar-refractivity contribution in [1.29, 1.82) is 0 Å². The van der Waals surface area contributed by atoms with Crippen LogP contribution in [0.25, 0.3) is 16.3 Å². The van der Waals surface area contributed by atoms with Gasteiger partial charge in [-0.05, 0) is 25.5 Å². The summed E-state index contributed by atoms with van der Waals surface area (Å²) in [6.07, 6.45) is 4.61. The highest BCUT2D eigenvalue weighted by molar-refractivity contribution is 7.16. The van der Waals surface area contributed by atoms with E-state index in [1.165, 1.54) is 0 Å². The van der Waals surface area contributed by atoms with Crippen LogP contribution in [-0.4, -0.2) is 30.8 Å². The first-order chi connectivity index (χ1) is 9.78. The van der Waals surface area contributed by atoms with Gasteiger partial charge in [0.25, 0.3) is 0 Å². The first-order valence-corrected chi connectivity index (χ1v) is 7.44. The molecule has 0 spiro atoms. The Morgan fingerprint density at radius 2 is 2.30 bits per heavy atom. The van der Waals surface area contributed by atoms with Crippen LogP contribution in [-0.2, 0) is 6.54 Å². The third-order valence-electron chi connectivity index (χ3n) is 3.17. The SMILES string of the molecule is CCC(C)NCc1nn2c(-c3cccnc3)nnc2s1. The van der Waals surface area contributed by atoms with Crippen molar-refractivity contribution in [3.05, 3.63) is 29.5 Å². The van der Waals surface area contributed by atoms with Crippen LogP contribution < -0.4 is 5.32 Å². The molecule has 0 aliphatic rings. The lowest BCUT2D eigenvalue weighted by Gasteiger charge is -2.08.